The molecule has 0 aliphatic carbocycles. The molecule has 2 rings (SSSR count). The molecule has 1 aromatic heterocycles. The van der Waals surface area contributed by atoms with E-state index in [4.69, 9.17) is 4.74 Å². The lowest BCUT2D eigenvalue weighted by Gasteiger charge is -2.08. The highest BCUT2D eigenvalue weighted by molar-refractivity contribution is 5.75. The molecule has 22 heavy (non-hydrogen) atoms. The number of amides is 1. The van der Waals surface area contributed by atoms with Crippen LogP contribution in [0.1, 0.15) is 0 Å². The number of methoxy groups -OCH3 is 1. The van der Waals surface area contributed by atoms with Crippen molar-refractivity contribution in [3.8, 4) is 17.0 Å². The van der Waals surface area contributed by atoms with E-state index in [2.05, 4.69) is 17.0 Å². The third kappa shape index (κ3) is 3.82. The number of hydrogen-bond acceptors (Lipinski definition) is 4. The molecule has 6 nitrogen and oxygen atoms in total. The highest BCUT2D eigenvalue weighted by atomic mass is 16.5. The minimum Gasteiger partial charge on any atom is -0.497 e. The van der Waals surface area contributed by atoms with Gasteiger partial charge in [-0.3, -0.25) is 9.59 Å². The molecule has 0 fully saturated rings. The second-order valence-electron chi connectivity index (χ2n) is 4.54. The summed E-state index contributed by atoms with van der Waals surface area (Å²) < 4.78 is 6.30. The molecular weight excluding hydrogens is 282 g/mol. The van der Waals surface area contributed by atoms with Crippen molar-refractivity contribution in [2.45, 2.75) is 6.54 Å². The highest BCUT2D eigenvalue weighted by Crippen LogP contribution is 2.20. The van der Waals surface area contributed by atoms with Crippen molar-refractivity contribution in [3.63, 3.8) is 0 Å². The van der Waals surface area contributed by atoms with E-state index < -0.39 is 0 Å². The average Bonchev–Trinajstić information content (AvgIpc) is 2.55. The van der Waals surface area contributed by atoms with Crippen molar-refractivity contribution in [1.29, 1.82) is 0 Å². The average molecular weight is 299 g/mol. The zero-order chi connectivity index (χ0) is 15.9. The standard InChI is InChI=1S/C16H17N3O3/c1-3-9-17-15(20)11-19-16(21)8-7-14(18-19)12-5-4-6-13(10-12)22-2/h3-8,10H,1,9,11H2,2H3,(H,17,20). The fourth-order valence-electron chi connectivity index (χ4n) is 1.88. The van der Waals surface area contributed by atoms with Crippen LogP contribution in [-0.2, 0) is 11.3 Å². The molecule has 1 N–H and O–H groups in total. The van der Waals surface area contributed by atoms with Crippen molar-refractivity contribution in [2.75, 3.05) is 13.7 Å². The Morgan fingerprint density at radius 1 is 1.41 bits per heavy atom. The smallest absolute Gasteiger partial charge is 0.267 e. The number of ether oxygens (including phenoxy) is 1. The van der Waals surface area contributed by atoms with Crippen LogP contribution in [0.3, 0.4) is 0 Å². The third-order valence-corrected chi connectivity index (χ3v) is 2.97. The van der Waals surface area contributed by atoms with Crippen LogP contribution in [0.4, 0.5) is 0 Å². The first-order chi connectivity index (χ1) is 10.6. The van der Waals surface area contributed by atoms with Gasteiger partial charge in [-0.05, 0) is 18.2 Å². The van der Waals surface area contributed by atoms with E-state index >= 15 is 0 Å². The van der Waals surface area contributed by atoms with Crippen molar-refractivity contribution in [3.05, 3.63) is 59.4 Å². The van der Waals surface area contributed by atoms with Crippen molar-refractivity contribution in [1.82, 2.24) is 15.1 Å². The zero-order valence-corrected chi connectivity index (χ0v) is 12.3. The summed E-state index contributed by atoms with van der Waals surface area (Å²) in [6, 6.07) is 10.3. The zero-order valence-electron chi connectivity index (χ0n) is 12.3. The summed E-state index contributed by atoms with van der Waals surface area (Å²) in [5.74, 6) is 0.401. The van der Waals surface area contributed by atoms with E-state index in [1.54, 1.807) is 19.3 Å². The van der Waals surface area contributed by atoms with Crippen LogP contribution < -0.4 is 15.6 Å². The Morgan fingerprint density at radius 2 is 2.23 bits per heavy atom. The molecule has 6 heteroatoms. The number of rotatable bonds is 6. The fourth-order valence-corrected chi connectivity index (χ4v) is 1.88. The second kappa shape index (κ2) is 7.21. The Bertz CT molecular complexity index is 737. The lowest BCUT2D eigenvalue weighted by molar-refractivity contribution is -0.121. The SMILES string of the molecule is C=CCNC(=O)Cn1nc(-c2cccc(OC)c2)ccc1=O. The number of carbonyl (C=O) groups excluding carboxylic acids is 1. The molecule has 0 atom stereocenters. The Labute approximate surface area is 128 Å². The van der Waals surface area contributed by atoms with Crippen molar-refractivity contribution >= 4 is 5.91 Å². The molecule has 0 aliphatic heterocycles. The van der Waals surface area contributed by atoms with Gasteiger partial charge in [0.15, 0.2) is 0 Å². The van der Waals surface area contributed by atoms with Crippen LogP contribution in [-0.4, -0.2) is 29.3 Å². The monoisotopic (exact) mass is 299 g/mol. The summed E-state index contributed by atoms with van der Waals surface area (Å²) in [5, 5.41) is 6.84. The van der Waals surface area contributed by atoms with Crippen molar-refractivity contribution < 1.29 is 9.53 Å². The van der Waals surface area contributed by atoms with Gasteiger partial charge in [-0.2, -0.15) is 5.10 Å². The van der Waals surface area contributed by atoms with Crippen LogP contribution in [0, 0.1) is 0 Å². The maximum absolute atomic E-state index is 11.8. The Kier molecular flexibility index (Phi) is 5.08. The molecule has 2 aromatic rings. The van der Waals surface area contributed by atoms with Gasteiger partial charge in [-0.25, -0.2) is 4.68 Å². The molecule has 0 radical (unpaired) electrons. The summed E-state index contributed by atoms with van der Waals surface area (Å²) in [5.41, 5.74) is 1.06. The normalized spacial score (nSPS) is 10.0. The first kappa shape index (κ1) is 15.5. The summed E-state index contributed by atoms with van der Waals surface area (Å²) in [6.07, 6.45) is 1.57. The largest absolute Gasteiger partial charge is 0.497 e. The van der Waals surface area contributed by atoms with Gasteiger partial charge in [-0.1, -0.05) is 18.2 Å². The molecule has 0 saturated carbocycles. The molecule has 114 valence electrons. The number of hydrogen-bond donors (Lipinski definition) is 1. The van der Waals surface area contributed by atoms with Crippen LogP contribution in [0.5, 0.6) is 5.75 Å². The van der Waals surface area contributed by atoms with Gasteiger partial charge < -0.3 is 10.1 Å². The van der Waals surface area contributed by atoms with E-state index in [0.717, 1.165) is 10.2 Å². The van der Waals surface area contributed by atoms with E-state index in [-0.39, 0.29) is 18.0 Å². The topological polar surface area (TPSA) is 73.2 Å². The van der Waals surface area contributed by atoms with Gasteiger partial charge in [0.1, 0.15) is 12.3 Å². The van der Waals surface area contributed by atoms with Gasteiger partial charge in [-0.15, -0.1) is 6.58 Å². The first-order valence-corrected chi connectivity index (χ1v) is 6.74. The predicted molar refractivity (Wildman–Crippen MR) is 83.7 cm³/mol. The van der Waals surface area contributed by atoms with Gasteiger partial charge in [0.25, 0.3) is 5.56 Å². The molecule has 0 aliphatic rings. The van der Waals surface area contributed by atoms with E-state index in [9.17, 15) is 9.59 Å². The maximum atomic E-state index is 11.8. The molecule has 0 saturated heterocycles. The highest BCUT2D eigenvalue weighted by Gasteiger charge is 2.08. The maximum Gasteiger partial charge on any atom is 0.267 e. The summed E-state index contributed by atoms with van der Waals surface area (Å²) in [7, 11) is 1.58. The van der Waals surface area contributed by atoms with Crippen LogP contribution in [0.15, 0.2) is 53.8 Å². The van der Waals surface area contributed by atoms with Crippen LogP contribution in [0.2, 0.25) is 0 Å². The number of nitrogens with one attached hydrogen (secondary N) is 1. The molecule has 0 unspecified atom stereocenters. The Morgan fingerprint density at radius 3 is 2.95 bits per heavy atom. The number of benzene rings is 1. The number of carbonyl (C=O) groups is 1. The van der Waals surface area contributed by atoms with Gasteiger partial charge in [0, 0.05) is 18.2 Å². The van der Waals surface area contributed by atoms with Crippen LogP contribution >= 0.6 is 0 Å². The van der Waals surface area contributed by atoms with E-state index in [1.165, 1.54) is 6.07 Å². The molecule has 1 aromatic carbocycles. The Balaban J connectivity index is 2.27. The molecule has 0 spiro atoms. The quantitative estimate of drug-likeness (QED) is 0.814. The molecule has 0 bridgehead atoms. The van der Waals surface area contributed by atoms with Gasteiger partial charge >= 0.3 is 0 Å². The number of aromatic nitrogens is 2. The van der Waals surface area contributed by atoms with Gasteiger partial charge in [0.2, 0.25) is 5.91 Å². The minimum absolute atomic E-state index is 0.134. The van der Waals surface area contributed by atoms with E-state index in [0.29, 0.717) is 18.0 Å². The predicted octanol–water partition coefficient (Wildman–Crippen LogP) is 1.22. The van der Waals surface area contributed by atoms with Crippen molar-refractivity contribution in [2.24, 2.45) is 0 Å². The lowest BCUT2D eigenvalue weighted by Crippen LogP contribution is -2.33. The fraction of sp³-hybridized carbons (Fsp3) is 0.188. The number of nitrogens with zero attached hydrogens (tertiary/aromatic N) is 2. The Hall–Kier alpha value is -2.89. The molecular formula is C16H17N3O3. The second-order valence-corrected chi connectivity index (χ2v) is 4.54. The van der Waals surface area contributed by atoms with E-state index in [1.807, 2.05) is 24.3 Å². The molecule has 1 amide bonds. The summed E-state index contributed by atoms with van der Waals surface area (Å²) >= 11 is 0. The lowest BCUT2D eigenvalue weighted by atomic mass is 10.1. The molecule has 1 heterocycles. The minimum atomic E-state index is -0.333. The first-order valence-electron chi connectivity index (χ1n) is 6.74. The van der Waals surface area contributed by atoms with Gasteiger partial charge in [0.05, 0.1) is 12.8 Å². The van der Waals surface area contributed by atoms with Crippen LogP contribution in [0.25, 0.3) is 11.3 Å². The third-order valence-electron chi connectivity index (χ3n) is 2.97. The summed E-state index contributed by atoms with van der Waals surface area (Å²) in [6.45, 7) is 3.73. The summed E-state index contributed by atoms with van der Waals surface area (Å²) in [4.78, 5) is 23.5.